The predicted molar refractivity (Wildman–Crippen MR) is 87.6 cm³/mol. The number of rotatable bonds is 1. The van der Waals surface area contributed by atoms with E-state index in [4.69, 9.17) is 0 Å². The van der Waals surface area contributed by atoms with Crippen molar-refractivity contribution < 1.29 is 0 Å². The molecule has 0 heteroatoms. The van der Waals surface area contributed by atoms with E-state index in [1.807, 2.05) is 11.1 Å². The summed E-state index contributed by atoms with van der Waals surface area (Å²) in [6.45, 7) is 14.1. The van der Waals surface area contributed by atoms with Gasteiger partial charge in [0.25, 0.3) is 0 Å². The molecular weight excluding hydrogens is 240 g/mol. The zero-order chi connectivity index (χ0) is 14.6. The van der Waals surface area contributed by atoms with Crippen molar-refractivity contribution in [1.82, 2.24) is 0 Å². The molecule has 1 saturated carbocycles. The fourth-order valence-corrected chi connectivity index (χ4v) is 5.50. The molecule has 0 radical (unpaired) electrons. The quantitative estimate of drug-likeness (QED) is 0.492. The summed E-state index contributed by atoms with van der Waals surface area (Å²) in [5, 5.41) is 0. The molecule has 3 aliphatic carbocycles. The molecule has 0 nitrogen and oxygen atoms in total. The standard InChI is InChI=1S/C20H32/c1-6-19(4)12-13-20(5)15(14-19)9-10-16-17(20)8-7-11-18(16,2)3/h6,15H,1,7-14H2,2-5H3/t15?,19-,20?/m0/s1. The fraction of sp³-hybridized carbons (Fsp3) is 0.800. The molecule has 0 spiro atoms. The zero-order valence-electron chi connectivity index (χ0n) is 14.0. The van der Waals surface area contributed by atoms with Crippen molar-refractivity contribution in [1.29, 1.82) is 0 Å². The third-order valence-corrected chi connectivity index (χ3v) is 7.16. The maximum atomic E-state index is 4.11. The van der Waals surface area contributed by atoms with Crippen molar-refractivity contribution in [2.45, 2.75) is 79.1 Å². The van der Waals surface area contributed by atoms with Gasteiger partial charge in [-0.2, -0.15) is 0 Å². The second-order valence-electron chi connectivity index (χ2n) is 8.91. The van der Waals surface area contributed by atoms with Crippen molar-refractivity contribution in [3.05, 3.63) is 23.8 Å². The Morgan fingerprint density at radius 1 is 1.00 bits per heavy atom. The van der Waals surface area contributed by atoms with Gasteiger partial charge in [0.1, 0.15) is 0 Å². The molecule has 3 aliphatic rings. The first-order valence-corrected chi connectivity index (χ1v) is 8.67. The Bertz CT molecular complexity index is 453. The molecular formula is C20H32. The summed E-state index contributed by atoms with van der Waals surface area (Å²) in [4.78, 5) is 0. The van der Waals surface area contributed by atoms with E-state index in [9.17, 15) is 0 Å². The Morgan fingerprint density at radius 3 is 2.45 bits per heavy atom. The van der Waals surface area contributed by atoms with Crippen LogP contribution in [-0.4, -0.2) is 0 Å². The topological polar surface area (TPSA) is 0 Å². The van der Waals surface area contributed by atoms with Gasteiger partial charge in [0.2, 0.25) is 0 Å². The largest absolute Gasteiger partial charge is 0.103 e. The molecule has 0 N–H and O–H groups in total. The Hall–Kier alpha value is -0.520. The van der Waals surface area contributed by atoms with E-state index in [1.165, 1.54) is 51.4 Å². The van der Waals surface area contributed by atoms with Crippen LogP contribution in [0.2, 0.25) is 0 Å². The molecule has 20 heavy (non-hydrogen) atoms. The summed E-state index contributed by atoms with van der Waals surface area (Å²) < 4.78 is 0. The van der Waals surface area contributed by atoms with Gasteiger partial charge in [0.05, 0.1) is 0 Å². The van der Waals surface area contributed by atoms with Crippen molar-refractivity contribution in [2.75, 3.05) is 0 Å². The van der Waals surface area contributed by atoms with Gasteiger partial charge in [0.15, 0.2) is 0 Å². The molecule has 2 unspecified atom stereocenters. The first kappa shape index (κ1) is 14.4. The minimum atomic E-state index is 0.395. The van der Waals surface area contributed by atoms with Crippen LogP contribution in [0, 0.1) is 22.2 Å². The van der Waals surface area contributed by atoms with Crippen molar-refractivity contribution in [3.8, 4) is 0 Å². The van der Waals surface area contributed by atoms with Crippen molar-refractivity contribution in [3.63, 3.8) is 0 Å². The molecule has 0 heterocycles. The van der Waals surface area contributed by atoms with Gasteiger partial charge in [-0.3, -0.25) is 0 Å². The number of allylic oxidation sites excluding steroid dienone is 3. The molecule has 0 aromatic heterocycles. The lowest BCUT2D eigenvalue weighted by atomic mass is 9.49. The van der Waals surface area contributed by atoms with Gasteiger partial charge in [-0.1, -0.05) is 44.9 Å². The summed E-state index contributed by atoms with van der Waals surface area (Å²) in [5.74, 6) is 0.895. The third-order valence-electron chi connectivity index (χ3n) is 7.16. The Labute approximate surface area is 125 Å². The van der Waals surface area contributed by atoms with E-state index in [0.29, 0.717) is 16.2 Å². The molecule has 3 atom stereocenters. The van der Waals surface area contributed by atoms with E-state index in [0.717, 1.165) is 5.92 Å². The third kappa shape index (κ3) is 2.02. The Kier molecular flexibility index (Phi) is 3.23. The average Bonchev–Trinajstić information content (AvgIpc) is 2.40. The molecule has 112 valence electrons. The monoisotopic (exact) mass is 272 g/mol. The van der Waals surface area contributed by atoms with Gasteiger partial charge in [0, 0.05) is 0 Å². The predicted octanol–water partition coefficient (Wildman–Crippen LogP) is 6.29. The van der Waals surface area contributed by atoms with Crippen LogP contribution in [0.4, 0.5) is 0 Å². The van der Waals surface area contributed by atoms with Gasteiger partial charge in [-0.25, -0.2) is 0 Å². The Balaban J connectivity index is 1.98. The maximum Gasteiger partial charge on any atom is -0.00845 e. The van der Waals surface area contributed by atoms with Crippen LogP contribution in [0.25, 0.3) is 0 Å². The van der Waals surface area contributed by atoms with Gasteiger partial charge in [-0.15, -0.1) is 6.58 Å². The first-order valence-electron chi connectivity index (χ1n) is 8.67. The second-order valence-corrected chi connectivity index (χ2v) is 8.91. The van der Waals surface area contributed by atoms with Crippen LogP contribution in [0.3, 0.4) is 0 Å². The summed E-state index contributed by atoms with van der Waals surface area (Å²) in [6, 6.07) is 0. The average molecular weight is 272 g/mol. The van der Waals surface area contributed by atoms with Crippen LogP contribution < -0.4 is 0 Å². The highest BCUT2D eigenvalue weighted by Gasteiger charge is 2.50. The van der Waals surface area contributed by atoms with E-state index in [2.05, 4.69) is 40.3 Å². The number of hydrogen-bond acceptors (Lipinski definition) is 0. The van der Waals surface area contributed by atoms with E-state index < -0.39 is 0 Å². The number of hydrogen-bond donors (Lipinski definition) is 0. The molecule has 0 amide bonds. The SMILES string of the molecule is C=C[C@@]1(C)CCC2(C)C3=C(CCC2C1)C(C)(C)CCC3. The van der Waals surface area contributed by atoms with Crippen LogP contribution >= 0.6 is 0 Å². The summed E-state index contributed by atoms with van der Waals surface area (Å²) in [5.41, 5.74) is 5.11. The summed E-state index contributed by atoms with van der Waals surface area (Å²) in [7, 11) is 0. The van der Waals surface area contributed by atoms with Crippen molar-refractivity contribution in [2.24, 2.45) is 22.2 Å². The zero-order valence-corrected chi connectivity index (χ0v) is 14.0. The van der Waals surface area contributed by atoms with Crippen LogP contribution in [0.5, 0.6) is 0 Å². The highest BCUT2D eigenvalue weighted by atomic mass is 14.5. The van der Waals surface area contributed by atoms with E-state index in [1.54, 1.807) is 0 Å². The first-order chi connectivity index (χ1) is 9.31. The van der Waals surface area contributed by atoms with Gasteiger partial charge >= 0.3 is 0 Å². The minimum absolute atomic E-state index is 0.395. The molecule has 0 saturated heterocycles. The molecule has 0 aromatic rings. The molecule has 0 bridgehead atoms. The lowest BCUT2D eigenvalue weighted by Gasteiger charge is -2.55. The maximum absolute atomic E-state index is 4.11. The van der Waals surface area contributed by atoms with E-state index in [-0.39, 0.29) is 0 Å². The summed E-state index contributed by atoms with van der Waals surface area (Å²) >= 11 is 0. The smallest absolute Gasteiger partial charge is 0.00845 e. The fourth-order valence-electron chi connectivity index (χ4n) is 5.50. The van der Waals surface area contributed by atoms with Crippen molar-refractivity contribution >= 4 is 0 Å². The molecule has 0 aliphatic heterocycles. The second kappa shape index (κ2) is 4.49. The summed E-state index contributed by atoms with van der Waals surface area (Å²) in [6.07, 6.45) is 13.3. The molecule has 0 aromatic carbocycles. The van der Waals surface area contributed by atoms with Crippen LogP contribution in [0.1, 0.15) is 79.1 Å². The highest BCUT2D eigenvalue weighted by molar-refractivity contribution is 5.33. The van der Waals surface area contributed by atoms with Gasteiger partial charge < -0.3 is 0 Å². The Morgan fingerprint density at radius 2 is 1.75 bits per heavy atom. The molecule has 1 fully saturated rings. The molecule has 3 rings (SSSR count). The minimum Gasteiger partial charge on any atom is -0.103 e. The van der Waals surface area contributed by atoms with Crippen LogP contribution in [-0.2, 0) is 0 Å². The highest BCUT2D eigenvalue weighted by Crippen LogP contribution is 2.62. The number of fused-ring (bicyclic) bond motifs is 2. The lowest BCUT2D eigenvalue weighted by Crippen LogP contribution is -2.44. The van der Waals surface area contributed by atoms with Gasteiger partial charge in [-0.05, 0) is 73.5 Å². The normalized spacial score (nSPS) is 43.7. The van der Waals surface area contributed by atoms with E-state index >= 15 is 0 Å². The van der Waals surface area contributed by atoms with Crippen LogP contribution in [0.15, 0.2) is 23.8 Å². The lowest BCUT2D eigenvalue weighted by molar-refractivity contribution is 0.0569.